The molecule has 1 N–H and O–H groups in total. The van der Waals surface area contributed by atoms with E-state index >= 15 is 0 Å². The van der Waals surface area contributed by atoms with Crippen molar-refractivity contribution in [1.82, 2.24) is 4.98 Å². The summed E-state index contributed by atoms with van der Waals surface area (Å²) in [5, 5.41) is 9.17. The standard InChI is InChI=1S/C15H17FN2O2/c1-20-14-7-3-2-5-12(14)11-18(9-10-19)15-13(16)6-4-8-17-15/h2-8,19H,9-11H2,1H3. The van der Waals surface area contributed by atoms with Crippen LogP contribution in [0.1, 0.15) is 5.56 Å². The zero-order chi connectivity index (χ0) is 14.4. The molecule has 5 heteroatoms. The second-order valence-corrected chi connectivity index (χ2v) is 4.27. The molecule has 0 bridgehead atoms. The number of aromatic nitrogens is 1. The van der Waals surface area contributed by atoms with Gasteiger partial charge in [-0.3, -0.25) is 0 Å². The Morgan fingerprint density at radius 2 is 2.05 bits per heavy atom. The first-order chi connectivity index (χ1) is 9.76. The van der Waals surface area contributed by atoms with Crippen LogP contribution in [0.15, 0.2) is 42.6 Å². The first kappa shape index (κ1) is 14.3. The van der Waals surface area contributed by atoms with Crippen molar-refractivity contribution < 1.29 is 14.2 Å². The van der Waals surface area contributed by atoms with Gasteiger partial charge in [0.1, 0.15) is 5.75 Å². The van der Waals surface area contributed by atoms with Crippen LogP contribution in [0, 0.1) is 5.82 Å². The van der Waals surface area contributed by atoms with Crippen molar-refractivity contribution in [3.05, 3.63) is 54.0 Å². The normalized spacial score (nSPS) is 10.3. The number of nitrogens with zero attached hydrogens (tertiary/aromatic N) is 2. The van der Waals surface area contributed by atoms with Gasteiger partial charge in [-0.25, -0.2) is 9.37 Å². The summed E-state index contributed by atoms with van der Waals surface area (Å²) >= 11 is 0. The average molecular weight is 276 g/mol. The number of para-hydroxylation sites is 1. The van der Waals surface area contributed by atoms with E-state index in [-0.39, 0.29) is 12.4 Å². The number of methoxy groups -OCH3 is 1. The Labute approximate surface area is 117 Å². The van der Waals surface area contributed by atoms with Crippen LogP contribution in [0.4, 0.5) is 10.2 Å². The third kappa shape index (κ3) is 3.24. The van der Waals surface area contributed by atoms with Gasteiger partial charge in [0.25, 0.3) is 0 Å². The third-order valence-electron chi connectivity index (χ3n) is 2.96. The lowest BCUT2D eigenvalue weighted by Crippen LogP contribution is -2.28. The van der Waals surface area contributed by atoms with E-state index in [9.17, 15) is 9.50 Å². The Morgan fingerprint density at radius 3 is 2.75 bits per heavy atom. The number of benzene rings is 1. The minimum atomic E-state index is -0.407. The summed E-state index contributed by atoms with van der Waals surface area (Å²) in [6.07, 6.45) is 1.53. The molecule has 2 aromatic rings. The SMILES string of the molecule is COc1ccccc1CN(CCO)c1ncccc1F. The molecule has 0 aliphatic rings. The highest BCUT2D eigenvalue weighted by Crippen LogP contribution is 2.23. The Morgan fingerprint density at radius 1 is 1.25 bits per heavy atom. The molecule has 0 saturated carbocycles. The predicted octanol–water partition coefficient (Wildman–Crippen LogP) is 2.23. The monoisotopic (exact) mass is 276 g/mol. The van der Waals surface area contributed by atoms with Crippen molar-refractivity contribution in [3.8, 4) is 5.75 Å². The first-order valence-electron chi connectivity index (χ1n) is 6.34. The molecule has 0 aliphatic carbocycles. The van der Waals surface area contributed by atoms with E-state index in [1.165, 1.54) is 12.3 Å². The second kappa shape index (κ2) is 6.86. The quantitative estimate of drug-likeness (QED) is 0.879. The van der Waals surface area contributed by atoms with Crippen LogP contribution in [0.5, 0.6) is 5.75 Å². The summed E-state index contributed by atoms with van der Waals surface area (Å²) in [4.78, 5) is 5.74. The lowest BCUT2D eigenvalue weighted by molar-refractivity contribution is 0.300. The number of rotatable bonds is 6. The van der Waals surface area contributed by atoms with Crippen LogP contribution in [-0.2, 0) is 6.54 Å². The minimum Gasteiger partial charge on any atom is -0.496 e. The fourth-order valence-electron chi connectivity index (χ4n) is 2.03. The number of aliphatic hydroxyl groups is 1. The third-order valence-corrected chi connectivity index (χ3v) is 2.96. The van der Waals surface area contributed by atoms with E-state index in [1.807, 2.05) is 24.3 Å². The van der Waals surface area contributed by atoms with Gasteiger partial charge in [-0.1, -0.05) is 18.2 Å². The number of pyridine rings is 1. The molecule has 0 atom stereocenters. The molecule has 0 fully saturated rings. The molecule has 0 spiro atoms. The fourth-order valence-corrected chi connectivity index (χ4v) is 2.03. The lowest BCUT2D eigenvalue weighted by atomic mass is 10.2. The van der Waals surface area contributed by atoms with Crippen molar-refractivity contribution in [2.45, 2.75) is 6.54 Å². The number of hydrogen-bond donors (Lipinski definition) is 1. The number of ether oxygens (including phenoxy) is 1. The predicted molar refractivity (Wildman–Crippen MR) is 75.3 cm³/mol. The van der Waals surface area contributed by atoms with Crippen LogP contribution in [0.25, 0.3) is 0 Å². The summed E-state index contributed by atoms with van der Waals surface area (Å²) < 4.78 is 19.1. The van der Waals surface area contributed by atoms with Gasteiger partial charge >= 0.3 is 0 Å². The summed E-state index contributed by atoms with van der Waals surface area (Å²) in [5.74, 6) is 0.551. The van der Waals surface area contributed by atoms with E-state index in [1.54, 1.807) is 18.1 Å². The van der Waals surface area contributed by atoms with Crippen molar-refractivity contribution in [1.29, 1.82) is 0 Å². The largest absolute Gasteiger partial charge is 0.496 e. The average Bonchev–Trinajstić information content (AvgIpc) is 2.48. The summed E-state index contributed by atoms with van der Waals surface area (Å²) in [5.41, 5.74) is 0.911. The molecule has 2 rings (SSSR count). The van der Waals surface area contributed by atoms with Gasteiger partial charge in [0, 0.05) is 24.8 Å². The summed E-state index contributed by atoms with van der Waals surface area (Å²) in [7, 11) is 1.59. The van der Waals surface area contributed by atoms with Crippen LogP contribution < -0.4 is 9.64 Å². The van der Waals surface area contributed by atoms with E-state index in [0.717, 1.165) is 11.3 Å². The maximum atomic E-state index is 13.8. The Balaban J connectivity index is 2.28. The molecule has 1 aromatic heterocycles. The van der Waals surface area contributed by atoms with E-state index in [2.05, 4.69) is 4.98 Å². The molecule has 1 heterocycles. The van der Waals surface area contributed by atoms with Crippen molar-refractivity contribution >= 4 is 5.82 Å². The van der Waals surface area contributed by atoms with Crippen LogP contribution >= 0.6 is 0 Å². The zero-order valence-electron chi connectivity index (χ0n) is 11.3. The number of hydrogen-bond acceptors (Lipinski definition) is 4. The Hall–Kier alpha value is -2.14. The lowest BCUT2D eigenvalue weighted by Gasteiger charge is -2.24. The molecule has 0 amide bonds. The molecular formula is C15H17FN2O2. The van der Waals surface area contributed by atoms with Crippen molar-refractivity contribution in [2.75, 3.05) is 25.2 Å². The minimum absolute atomic E-state index is 0.0782. The van der Waals surface area contributed by atoms with Crippen LogP contribution in [-0.4, -0.2) is 30.4 Å². The molecule has 0 aliphatic heterocycles. The number of aliphatic hydroxyl groups excluding tert-OH is 1. The Kier molecular flexibility index (Phi) is 4.90. The summed E-state index contributed by atoms with van der Waals surface area (Å²) in [6.45, 7) is 0.635. The van der Waals surface area contributed by atoms with Crippen molar-refractivity contribution in [3.63, 3.8) is 0 Å². The van der Waals surface area contributed by atoms with Crippen LogP contribution in [0.3, 0.4) is 0 Å². The van der Waals surface area contributed by atoms with Gasteiger partial charge in [-0.2, -0.15) is 0 Å². The molecule has 0 unspecified atom stereocenters. The molecule has 1 aromatic carbocycles. The van der Waals surface area contributed by atoms with Gasteiger partial charge in [-0.05, 0) is 18.2 Å². The van der Waals surface area contributed by atoms with Crippen LogP contribution in [0.2, 0.25) is 0 Å². The highest BCUT2D eigenvalue weighted by molar-refractivity contribution is 5.43. The fraction of sp³-hybridized carbons (Fsp3) is 0.267. The van der Waals surface area contributed by atoms with Gasteiger partial charge in [-0.15, -0.1) is 0 Å². The Bertz CT molecular complexity index is 563. The maximum absolute atomic E-state index is 13.8. The second-order valence-electron chi connectivity index (χ2n) is 4.27. The number of halogens is 1. The highest BCUT2D eigenvalue weighted by Gasteiger charge is 2.14. The molecule has 20 heavy (non-hydrogen) atoms. The maximum Gasteiger partial charge on any atom is 0.165 e. The van der Waals surface area contributed by atoms with E-state index in [4.69, 9.17) is 4.74 Å². The first-order valence-corrected chi connectivity index (χ1v) is 6.34. The van der Waals surface area contributed by atoms with E-state index in [0.29, 0.717) is 13.1 Å². The molecule has 0 radical (unpaired) electrons. The molecular weight excluding hydrogens is 259 g/mol. The molecule has 106 valence electrons. The highest BCUT2D eigenvalue weighted by atomic mass is 19.1. The molecule has 0 saturated heterocycles. The van der Waals surface area contributed by atoms with Gasteiger partial charge in [0.2, 0.25) is 0 Å². The zero-order valence-corrected chi connectivity index (χ0v) is 11.3. The topological polar surface area (TPSA) is 45.6 Å². The van der Waals surface area contributed by atoms with Gasteiger partial charge < -0.3 is 14.7 Å². The smallest absolute Gasteiger partial charge is 0.165 e. The molecule has 4 nitrogen and oxygen atoms in total. The van der Waals surface area contributed by atoms with Gasteiger partial charge in [0.05, 0.1) is 13.7 Å². The van der Waals surface area contributed by atoms with Crippen molar-refractivity contribution in [2.24, 2.45) is 0 Å². The van der Waals surface area contributed by atoms with E-state index < -0.39 is 5.82 Å². The number of anilines is 1. The van der Waals surface area contributed by atoms with Gasteiger partial charge in [0.15, 0.2) is 11.6 Å². The summed E-state index contributed by atoms with van der Waals surface area (Å²) in [6, 6.07) is 10.4.